The van der Waals surface area contributed by atoms with Crippen molar-refractivity contribution < 1.29 is 14.3 Å². The quantitative estimate of drug-likeness (QED) is 0.398. The lowest BCUT2D eigenvalue weighted by Gasteiger charge is -2.10. The van der Waals surface area contributed by atoms with Crippen LogP contribution >= 0.6 is 11.8 Å². The summed E-state index contributed by atoms with van der Waals surface area (Å²) in [5.74, 6) is 0.282. The van der Waals surface area contributed by atoms with Crippen molar-refractivity contribution in [2.45, 2.75) is 19.0 Å². The second-order valence-electron chi connectivity index (χ2n) is 7.49. The molecule has 0 unspecified atom stereocenters. The van der Waals surface area contributed by atoms with Gasteiger partial charge < -0.3 is 15.4 Å². The number of hydrogen-bond acceptors (Lipinski definition) is 6. The molecule has 0 aliphatic carbocycles. The fourth-order valence-corrected chi connectivity index (χ4v) is 3.88. The normalized spacial score (nSPS) is 10.8. The second-order valence-corrected chi connectivity index (χ2v) is 8.43. The number of carbonyl (C=O) groups excluding carboxylic acids is 2. The molecule has 0 aliphatic rings. The number of carbonyl (C=O) groups is 2. The Kier molecular flexibility index (Phi) is 6.60. The number of hydrogen-bond donors (Lipinski definition) is 2. The van der Waals surface area contributed by atoms with E-state index in [9.17, 15) is 9.59 Å². The van der Waals surface area contributed by atoms with E-state index < -0.39 is 0 Å². The second kappa shape index (κ2) is 9.74. The predicted octanol–water partition coefficient (Wildman–Crippen LogP) is 4.34. The number of anilines is 2. The Morgan fingerprint density at radius 3 is 2.48 bits per heavy atom. The van der Waals surface area contributed by atoms with E-state index in [-0.39, 0.29) is 17.6 Å². The van der Waals surface area contributed by atoms with E-state index in [4.69, 9.17) is 4.74 Å². The Balaban J connectivity index is 1.44. The molecule has 0 spiro atoms. The summed E-state index contributed by atoms with van der Waals surface area (Å²) in [5, 5.41) is 14.5. The highest BCUT2D eigenvalue weighted by Gasteiger charge is 2.14. The van der Waals surface area contributed by atoms with Crippen molar-refractivity contribution in [1.82, 2.24) is 14.6 Å². The maximum absolute atomic E-state index is 12.7. The summed E-state index contributed by atoms with van der Waals surface area (Å²) in [6.07, 6.45) is 1.67. The number of rotatable bonds is 7. The van der Waals surface area contributed by atoms with Gasteiger partial charge in [0.2, 0.25) is 5.91 Å². The van der Waals surface area contributed by atoms with Gasteiger partial charge in [0.25, 0.3) is 5.91 Å². The first-order chi connectivity index (χ1) is 15.9. The fraction of sp³-hybridized carbons (Fsp3) is 0.167. The largest absolute Gasteiger partial charge is 0.495 e. The Bertz CT molecular complexity index is 1320. The van der Waals surface area contributed by atoms with E-state index >= 15 is 0 Å². The van der Waals surface area contributed by atoms with E-state index in [2.05, 4.69) is 20.8 Å². The summed E-state index contributed by atoms with van der Waals surface area (Å²) in [6.45, 7) is 3.94. The number of methoxy groups -OCH3 is 1. The SMILES string of the molecule is COc1cc(C)ccc1NC(=O)CSc1nnc2ccc(C(=O)Nc3ccc(C)cc3)cn12. The summed E-state index contributed by atoms with van der Waals surface area (Å²) < 4.78 is 7.04. The number of nitrogens with zero attached hydrogens (tertiary/aromatic N) is 3. The Morgan fingerprint density at radius 1 is 0.970 bits per heavy atom. The summed E-state index contributed by atoms with van der Waals surface area (Å²) in [6, 6.07) is 16.6. The molecule has 2 N–H and O–H groups in total. The number of aryl methyl sites for hydroxylation is 2. The number of ether oxygens (including phenoxy) is 1. The van der Waals surface area contributed by atoms with Crippen molar-refractivity contribution in [2.24, 2.45) is 0 Å². The maximum Gasteiger partial charge on any atom is 0.257 e. The monoisotopic (exact) mass is 461 g/mol. The van der Waals surface area contributed by atoms with Crippen LogP contribution in [0.1, 0.15) is 21.5 Å². The molecule has 0 radical (unpaired) electrons. The lowest BCUT2D eigenvalue weighted by Crippen LogP contribution is -2.15. The van der Waals surface area contributed by atoms with Gasteiger partial charge in [0.05, 0.1) is 24.1 Å². The first-order valence-corrected chi connectivity index (χ1v) is 11.2. The van der Waals surface area contributed by atoms with Crippen LogP contribution in [0, 0.1) is 13.8 Å². The van der Waals surface area contributed by atoms with Crippen molar-refractivity contribution in [1.29, 1.82) is 0 Å². The van der Waals surface area contributed by atoms with Crippen LogP contribution in [-0.2, 0) is 4.79 Å². The fourth-order valence-electron chi connectivity index (χ4n) is 3.16. The van der Waals surface area contributed by atoms with Gasteiger partial charge in [-0.05, 0) is 55.8 Å². The maximum atomic E-state index is 12.7. The average molecular weight is 462 g/mol. The van der Waals surface area contributed by atoms with Gasteiger partial charge in [0, 0.05) is 11.9 Å². The van der Waals surface area contributed by atoms with Crippen molar-refractivity contribution >= 4 is 40.6 Å². The van der Waals surface area contributed by atoms with Gasteiger partial charge in [-0.25, -0.2) is 0 Å². The molecule has 2 aromatic heterocycles. The molecule has 8 nitrogen and oxygen atoms in total. The molecule has 0 saturated heterocycles. The standard InChI is InChI=1S/C24H23N5O3S/c1-15-4-8-18(9-5-15)25-23(31)17-7-11-21-27-28-24(29(21)13-17)33-14-22(30)26-19-10-6-16(2)12-20(19)32-3/h4-13H,14H2,1-3H3,(H,25,31)(H,26,30). The summed E-state index contributed by atoms with van der Waals surface area (Å²) in [4.78, 5) is 25.2. The third-order valence-electron chi connectivity index (χ3n) is 4.91. The smallest absolute Gasteiger partial charge is 0.257 e. The molecule has 0 saturated carbocycles. The highest BCUT2D eigenvalue weighted by atomic mass is 32.2. The minimum absolute atomic E-state index is 0.123. The third kappa shape index (κ3) is 5.32. The molecule has 0 atom stereocenters. The van der Waals surface area contributed by atoms with E-state index in [1.165, 1.54) is 11.8 Å². The number of pyridine rings is 1. The van der Waals surface area contributed by atoms with Crippen LogP contribution in [0.3, 0.4) is 0 Å². The molecule has 168 valence electrons. The zero-order chi connectivity index (χ0) is 23.4. The molecular weight excluding hydrogens is 438 g/mol. The van der Waals surface area contributed by atoms with Crippen LogP contribution in [-0.4, -0.2) is 39.3 Å². The molecule has 2 aromatic carbocycles. The Hall–Kier alpha value is -3.85. The van der Waals surface area contributed by atoms with Crippen molar-refractivity contribution in [2.75, 3.05) is 23.5 Å². The van der Waals surface area contributed by atoms with Crippen LogP contribution in [0.5, 0.6) is 5.75 Å². The minimum atomic E-state index is -0.241. The lowest BCUT2D eigenvalue weighted by molar-refractivity contribution is -0.113. The number of fused-ring (bicyclic) bond motifs is 1. The first-order valence-electron chi connectivity index (χ1n) is 10.2. The molecule has 2 amide bonds. The molecule has 2 heterocycles. The minimum Gasteiger partial charge on any atom is -0.495 e. The summed E-state index contributed by atoms with van der Waals surface area (Å²) >= 11 is 1.23. The van der Waals surface area contributed by atoms with Crippen molar-refractivity contribution in [3.05, 3.63) is 77.5 Å². The van der Waals surface area contributed by atoms with Gasteiger partial charge in [0.15, 0.2) is 10.8 Å². The van der Waals surface area contributed by atoms with Gasteiger partial charge >= 0.3 is 0 Å². The van der Waals surface area contributed by atoms with Crippen LogP contribution in [0.25, 0.3) is 5.65 Å². The molecule has 9 heteroatoms. The van der Waals surface area contributed by atoms with E-state index in [0.717, 1.165) is 11.1 Å². The topological polar surface area (TPSA) is 97.6 Å². The van der Waals surface area contributed by atoms with E-state index in [0.29, 0.717) is 33.5 Å². The number of aromatic nitrogens is 3. The molecule has 33 heavy (non-hydrogen) atoms. The van der Waals surface area contributed by atoms with Gasteiger partial charge in [-0.1, -0.05) is 35.5 Å². The molecule has 0 bridgehead atoms. The highest BCUT2D eigenvalue weighted by molar-refractivity contribution is 7.99. The van der Waals surface area contributed by atoms with Crippen LogP contribution in [0.2, 0.25) is 0 Å². The zero-order valence-corrected chi connectivity index (χ0v) is 19.3. The molecule has 4 rings (SSSR count). The number of benzene rings is 2. The van der Waals surface area contributed by atoms with E-state index in [1.807, 2.05) is 56.3 Å². The number of amides is 2. The number of nitrogens with one attached hydrogen (secondary N) is 2. The molecule has 0 aliphatic heterocycles. The van der Waals surface area contributed by atoms with Crippen molar-refractivity contribution in [3.63, 3.8) is 0 Å². The summed E-state index contributed by atoms with van der Waals surface area (Å²) in [7, 11) is 1.56. The predicted molar refractivity (Wildman–Crippen MR) is 129 cm³/mol. The van der Waals surface area contributed by atoms with Crippen LogP contribution in [0.4, 0.5) is 11.4 Å². The van der Waals surface area contributed by atoms with Crippen molar-refractivity contribution in [3.8, 4) is 5.75 Å². The Labute approximate surface area is 195 Å². The van der Waals surface area contributed by atoms with Gasteiger partial charge in [0.1, 0.15) is 5.75 Å². The molecule has 0 fully saturated rings. The molecular formula is C24H23N5O3S. The lowest BCUT2D eigenvalue weighted by atomic mass is 10.2. The molecule has 4 aromatic rings. The van der Waals surface area contributed by atoms with Gasteiger partial charge in [-0.15, -0.1) is 10.2 Å². The third-order valence-corrected chi connectivity index (χ3v) is 5.85. The average Bonchev–Trinajstić information content (AvgIpc) is 3.22. The van der Waals surface area contributed by atoms with Gasteiger partial charge in [-0.3, -0.25) is 14.0 Å². The number of thioether (sulfide) groups is 1. The van der Waals surface area contributed by atoms with Gasteiger partial charge in [-0.2, -0.15) is 0 Å². The van der Waals surface area contributed by atoms with Crippen LogP contribution < -0.4 is 15.4 Å². The summed E-state index contributed by atoms with van der Waals surface area (Å²) in [5.41, 5.74) is 4.52. The highest BCUT2D eigenvalue weighted by Crippen LogP contribution is 2.26. The first kappa shape index (κ1) is 22.3. The zero-order valence-electron chi connectivity index (χ0n) is 18.5. The van der Waals surface area contributed by atoms with E-state index in [1.54, 1.807) is 29.8 Å². The Morgan fingerprint density at radius 2 is 1.73 bits per heavy atom. The van der Waals surface area contributed by atoms with Crippen LogP contribution in [0.15, 0.2) is 66.0 Å².